The van der Waals surface area contributed by atoms with Crippen LogP contribution in [0.1, 0.15) is 21.9 Å². The smallest absolute Gasteiger partial charge is 0.416 e. The molecule has 0 atom stereocenters. The number of nitro groups is 1. The Labute approximate surface area is 258 Å². The van der Waals surface area contributed by atoms with Crippen LogP contribution in [-0.4, -0.2) is 61.7 Å². The minimum absolute atomic E-state index is 0.0140. The van der Waals surface area contributed by atoms with Gasteiger partial charge in [0.05, 0.1) is 21.9 Å². The number of amides is 1. The first kappa shape index (κ1) is 29.9. The first-order valence-corrected chi connectivity index (χ1v) is 14.7. The molecule has 6 rings (SSSR count). The van der Waals surface area contributed by atoms with E-state index >= 15 is 0 Å². The van der Waals surface area contributed by atoms with Gasteiger partial charge in [-0.05, 0) is 30.3 Å². The number of halogens is 3. The molecule has 45 heavy (non-hydrogen) atoms. The van der Waals surface area contributed by atoms with Gasteiger partial charge in [0.1, 0.15) is 6.26 Å². The highest BCUT2D eigenvalue weighted by Crippen LogP contribution is 2.34. The highest BCUT2D eigenvalue weighted by Gasteiger charge is 2.31. The SMILES string of the molecule is O=C(c1coc(CSc2nnc(-c3ccccc3)n2-c2cccc(C(F)(F)F)c2)n1)N1CCN(c2ccc([N+](=O)[O-])cc2)CC1. The molecule has 5 aromatic rings. The zero-order valence-electron chi connectivity index (χ0n) is 23.4. The molecule has 0 spiro atoms. The minimum Gasteiger partial charge on any atom is -0.447 e. The number of hydrogen-bond donors (Lipinski definition) is 0. The highest BCUT2D eigenvalue weighted by molar-refractivity contribution is 7.98. The fourth-order valence-electron chi connectivity index (χ4n) is 4.91. The van der Waals surface area contributed by atoms with E-state index in [1.807, 2.05) is 11.0 Å². The molecule has 3 heterocycles. The second kappa shape index (κ2) is 12.4. The van der Waals surface area contributed by atoms with Gasteiger partial charge in [-0.1, -0.05) is 48.2 Å². The van der Waals surface area contributed by atoms with Gasteiger partial charge in [0, 0.05) is 49.6 Å². The fourth-order valence-corrected chi connectivity index (χ4v) is 5.71. The molecule has 1 aliphatic heterocycles. The van der Waals surface area contributed by atoms with E-state index in [9.17, 15) is 28.1 Å². The standard InChI is InChI=1S/C30H24F3N7O4S/c31-30(32,33)21-7-4-8-24(17-21)39-27(20-5-2-1-3-6-20)35-36-29(39)45-19-26-34-25(18-44-26)28(41)38-15-13-37(14-16-38)22-9-11-23(12-10-22)40(42)43/h1-12,17-18H,13-16,19H2. The Kier molecular flexibility index (Phi) is 8.26. The molecule has 2 aromatic heterocycles. The monoisotopic (exact) mass is 635 g/mol. The first-order chi connectivity index (χ1) is 21.7. The maximum absolute atomic E-state index is 13.5. The van der Waals surface area contributed by atoms with Gasteiger partial charge < -0.3 is 14.2 Å². The molecule has 0 aliphatic carbocycles. The summed E-state index contributed by atoms with van der Waals surface area (Å²) in [5.41, 5.74) is 1.10. The quantitative estimate of drug-likeness (QED) is 0.113. The van der Waals surface area contributed by atoms with Crippen molar-refractivity contribution in [1.29, 1.82) is 0 Å². The van der Waals surface area contributed by atoms with Crippen LogP contribution in [0.4, 0.5) is 24.5 Å². The average Bonchev–Trinajstić information content (AvgIpc) is 3.71. The van der Waals surface area contributed by atoms with Crippen LogP contribution in [0.3, 0.4) is 0 Å². The van der Waals surface area contributed by atoms with E-state index in [0.29, 0.717) is 42.7 Å². The van der Waals surface area contributed by atoms with Crippen molar-refractivity contribution in [3.63, 3.8) is 0 Å². The summed E-state index contributed by atoms with van der Waals surface area (Å²) in [6.45, 7) is 1.93. The van der Waals surface area contributed by atoms with Gasteiger partial charge in [-0.15, -0.1) is 10.2 Å². The molecule has 1 amide bonds. The van der Waals surface area contributed by atoms with Gasteiger partial charge in [-0.2, -0.15) is 13.2 Å². The topological polar surface area (TPSA) is 123 Å². The van der Waals surface area contributed by atoms with E-state index in [4.69, 9.17) is 4.42 Å². The van der Waals surface area contributed by atoms with Crippen LogP contribution in [0, 0.1) is 10.1 Å². The molecule has 1 fully saturated rings. The van der Waals surface area contributed by atoms with E-state index in [1.54, 1.807) is 51.9 Å². The number of non-ortho nitro benzene ring substituents is 1. The zero-order valence-corrected chi connectivity index (χ0v) is 24.2. The molecule has 0 radical (unpaired) electrons. The van der Waals surface area contributed by atoms with E-state index in [2.05, 4.69) is 15.2 Å². The number of carbonyl (C=O) groups excluding carboxylic acids is 1. The lowest BCUT2D eigenvalue weighted by Crippen LogP contribution is -2.48. The lowest BCUT2D eigenvalue weighted by atomic mass is 10.1. The third kappa shape index (κ3) is 6.52. The summed E-state index contributed by atoms with van der Waals surface area (Å²) in [5, 5.41) is 19.8. The third-order valence-electron chi connectivity index (χ3n) is 7.19. The Morgan fingerprint density at radius 3 is 2.36 bits per heavy atom. The van der Waals surface area contributed by atoms with Gasteiger partial charge in [0.2, 0.25) is 5.89 Å². The number of nitrogens with zero attached hydrogens (tertiary/aromatic N) is 7. The minimum atomic E-state index is -4.53. The predicted molar refractivity (Wildman–Crippen MR) is 159 cm³/mol. The molecule has 11 nitrogen and oxygen atoms in total. The molecule has 1 aliphatic rings. The molecular weight excluding hydrogens is 611 g/mol. The van der Waals surface area contributed by atoms with Crippen molar-refractivity contribution in [2.75, 3.05) is 31.1 Å². The largest absolute Gasteiger partial charge is 0.447 e. The Hall–Kier alpha value is -5.18. The summed E-state index contributed by atoms with van der Waals surface area (Å²) in [7, 11) is 0. The number of aromatic nitrogens is 4. The fraction of sp³-hybridized carbons (Fsp3) is 0.200. The van der Waals surface area contributed by atoms with Crippen molar-refractivity contribution >= 4 is 29.0 Å². The number of carbonyl (C=O) groups is 1. The first-order valence-electron chi connectivity index (χ1n) is 13.7. The number of anilines is 1. The van der Waals surface area contributed by atoms with Gasteiger partial charge in [0.15, 0.2) is 16.7 Å². The lowest BCUT2D eigenvalue weighted by Gasteiger charge is -2.35. The van der Waals surface area contributed by atoms with Crippen molar-refractivity contribution in [3.05, 3.63) is 112 Å². The van der Waals surface area contributed by atoms with Crippen molar-refractivity contribution in [3.8, 4) is 17.1 Å². The summed E-state index contributed by atoms with van der Waals surface area (Å²) in [6.07, 6.45) is -3.24. The molecular formula is C30H24F3N7O4S. The van der Waals surface area contributed by atoms with Gasteiger partial charge in [-0.3, -0.25) is 19.5 Å². The molecule has 1 saturated heterocycles. The molecule has 0 unspecified atom stereocenters. The summed E-state index contributed by atoms with van der Waals surface area (Å²) in [4.78, 5) is 31.7. The second-order valence-electron chi connectivity index (χ2n) is 10.0. The molecule has 0 bridgehead atoms. The van der Waals surface area contributed by atoms with E-state index < -0.39 is 16.7 Å². The van der Waals surface area contributed by atoms with Crippen LogP contribution in [-0.2, 0) is 11.9 Å². The number of hydrogen-bond acceptors (Lipinski definition) is 9. The normalized spacial score (nSPS) is 13.7. The summed E-state index contributed by atoms with van der Waals surface area (Å²) < 4.78 is 47.7. The van der Waals surface area contributed by atoms with Gasteiger partial charge in [0.25, 0.3) is 11.6 Å². The van der Waals surface area contributed by atoms with Crippen LogP contribution in [0.25, 0.3) is 17.1 Å². The van der Waals surface area contributed by atoms with Gasteiger partial charge >= 0.3 is 6.18 Å². The number of nitro benzene ring substituents is 1. The van der Waals surface area contributed by atoms with Crippen LogP contribution in [0.15, 0.2) is 94.7 Å². The maximum Gasteiger partial charge on any atom is 0.416 e. The van der Waals surface area contributed by atoms with Crippen molar-refractivity contribution < 1.29 is 27.3 Å². The Morgan fingerprint density at radius 2 is 1.67 bits per heavy atom. The molecule has 15 heteroatoms. The van der Waals surface area contributed by atoms with Crippen molar-refractivity contribution in [2.45, 2.75) is 17.1 Å². The Bertz CT molecular complexity index is 1820. The van der Waals surface area contributed by atoms with Crippen LogP contribution < -0.4 is 4.90 Å². The van der Waals surface area contributed by atoms with Crippen LogP contribution >= 0.6 is 11.8 Å². The third-order valence-corrected chi connectivity index (χ3v) is 8.10. The highest BCUT2D eigenvalue weighted by atomic mass is 32.2. The van der Waals surface area contributed by atoms with Crippen molar-refractivity contribution in [2.24, 2.45) is 0 Å². The van der Waals surface area contributed by atoms with E-state index in [-0.39, 0.29) is 34.6 Å². The predicted octanol–water partition coefficient (Wildman–Crippen LogP) is 6.10. The number of rotatable bonds is 8. The van der Waals surface area contributed by atoms with Gasteiger partial charge in [-0.25, -0.2) is 4.98 Å². The maximum atomic E-state index is 13.5. The zero-order chi connectivity index (χ0) is 31.6. The lowest BCUT2D eigenvalue weighted by molar-refractivity contribution is -0.384. The van der Waals surface area contributed by atoms with E-state index in [0.717, 1.165) is 29.6 Å². The number of benzene rings is 3. The second-order valence-corrected chi connectivity index (χ2v) is 11.0. The number of thioether (sulfide) groups is 1. The molecule has 0 N–H and O–H groups in total. The molecule has 230 valence electrons. The summed E-state index contributed by atoms with van der Waals surface area (Å²) in [5.74, 6) is 0.464. The summed E-state index contributed by atoms with van der Waals surface area (Å²) >= 11 is 1.16. The average molecular weight is 636 g/mol. The number of oxazole rings is 1. The Balaban J connectivity index is 1.14. The van der Waals surface area contributed by atoms with Crippen molar-refractivity contribution in [1.82, 2.24) is 24.6 Å². The van der Waals surface area contributed by atoms with Crippen LogP contribution in [0.5, 0.6) is 0 Å². The van der Waals surface area contributed by atoms with E-state index in [1.165, 1.54) is 24.5 Å². The summed E-state index contributed by atoms with van der Waals surface area (Å²) in [6, 6.07) is 20.2. The molecule has 3 aromatic carbocycles. The number of alkyl halides is 3. The molecule has 0 saturated carbocycles. The number of piperazine rings is 1. The van der Waals surface area contributed by atoms with Crippen LogP contribution in [0.2, 0.25) is 0 Å². The Morgan fingerprint density at radius 1 is 0.933 bits per heavy atom.